The molecule has 0 unspecified atom stereocenters. The minimum Gasteiger partial charge on any atom is -0.0843 e. The van der Waals surface area contributed by atoms with E-state index in [1.807, 2.05) is 0 Å². The van der Waals surface area contributed by atoms with Crippen molar-refractivity contribution in [3.05, 3.63) is 40.7 Å². The lowest BCUT2D eigenvalue weighted by atomic mass is 10.2. The molecule has 1 aromatic rings. The highest BCUT2D eigenvalue weighted by molar-refractivity contribution is 6.35. The molecule has 0 amide bonds. The largest absolute Gasteiger partial charge is 0.0843 e. The van der Waals surface area contributed by atoms with Crippen LogP contribution >= 0.6 is 23.2 Å². The fraction of sp³-hybridized carbons (Fsp3) is 0. The fourth-order valence-electron chi connectivity index (χ4n) is 0.475. The smallest absolute Gasteiger partial charge is 0.0459 e. The Morgan fingerprint density at radius 1 is 1.44 bits per heavy atom. The Kier molecular flexibility index (Phi) is 1.99. The van der Waals surface area contributed by atoms with Gasteiger partial charge < -0.3 is 0 Å². The first-order valence-corrected chi connectivity index (χ1v) is 3.14. The summed E-state index contributed by atoms with van der Waals surface area (Å²) in [5.41, 5.74) is 0.682. The predicted octanol–water partition coefficient (Wildman–Crippen LogP) is 2.98. The van der Waals surface area contributed by atoms with Gasteiger partial charge in [-0.05, 0) is 30.7 Å². The third-order valence-electron chi connectivity index (χ3n) is 0.937. The summed E-state index contributed by atoms with van der Waals surface area (Å²) >= 11 is 11.2. The van der Waals surface area contributed by atoms with E-state index in [9.17, 15) is 0 Å². The Morgan fingerprint density at radius 3 is 2.56 bits per heavy atom. The molecule has 0 N–H and O–H groups in total. The second kappa shape index (κ2) is 2.59. The monoisotopic (exact) mass is 158 g/mol. The molecule has 0 bridgehead atoms. The van der Waals surface area contributed by atoms with Crippen molar-refractivity contribution in [2.24, 2.45) is 0 Å². The van der Waals surface area contributed by atoms with E-state index in [0.29, 0.717) is 15.6 Å². The van der Waals surface area contributed by atoms with Gasteiger partial charge in [-0.3, -0.25) is 0 Å². The Morgan fingerprint density at radius 2 is 2.11 bits per heavy atom. The average molecular weight is 159 g/mol. The van der Waals surface area contributed by atoms with Crippen molar-refractivity contribution in [3.63, 3.8) is 0 Å². The van der Waals surface area contributed by atoms with E-state index in [4.69, 9.17) is 23.2 Å². The summed E-state index contributed by atoms with van der Waals surface area (Å²) in [5, 5.41) is 1.15. The summed E-state index contributed by atoms with van der Waals surface area (Å²) < 4.78 is 0. The summed E-state index contributed by atoms with van der Waals surface area (Å²) in [4.78, 5) is 0. The maximum atomic E-state index is 5.64. The zero-order valence-electron chi connectivity index (χ0n) is 4.62. The molecule has 0 saturated carbocycles. The maximum absolute atomic E-state index is 5.64. The molecule has 0 fully saturated rings. The normalized spacial score (nSPS) is 9.67. The molecule has 0 aliphatic heterocycles. The molecule has 0 heterocycles. The van der Waals surface area contributed by atoms with Crippen LogP contribution in [-0.4, -0.2) is 0 Å². The Balaban J connectivity index is 3.17. The summed E-state index contributed by atoms with van der Waals surface area (Å²) in [6.07, 6.45) is 0. The molecule has 0 saturated heterocycles. The van der Waals surface area contributed by atoms with Gasteiger partial charge in [-0.2, -0.15) is 0 Å². The van der Waals surface area contributed by atoms with Crippen LogP contribution in [-0.2, 0) is 0 Å². The minimum absolute atomic E-state index is 0.558. The van der Waals surface area contributed by atoms with Gasteiger partial charge in [-0.25, -0.2) is 0 Å². The van der Waals surface area contributed by atoms with E-state index in [2.05, 4.69) is 13.0 Å². The van der Waals surface area contributed by atoms with Gasteiger partial charge in [0.15, 0.2) is 0 Å². The van der Waals surface area contributed by atoms with Crippen LogP contribution in [0.2, 0.25) is 10.0 Å². The number of benzene rings is 1. The van der Waals surface area contributed by atoms with Crippen molar-refractivity contribution in [2.75, 3.05) is 0 Å². The molecular weight excluding hydrogens is 155 g/mol. The van der Waals surface area contributed by atoms with Crippen LogP contribution < -0.4 is 0 Å². The minimum atomic E-state index is 0.558. The maximum Gasteiger partial charge on any atom is 0.0459 e. The standard InChI is InChI=1S/C7H4Cl2/c1-5-2-3-6(8)4-7(5)9/h3-4H,1H2. The van der Waals surface area contributed by atoms with Gasteiger partial charge in [-0.15, -0.1) is 0 Å². The molecule has 0 aromatic heterocycles. The lowest BCUT2D eigenvalue weighted by molar-refractivity contribution is 1.59. The average Bonchev–Trinajstić information content (AvgIpc) is 1.80. The van der Waals surface area contributed by atoms with E-state index >= 15 is 0 Å². The van der Waals surface area contributed by atoms with Crippen LogP contribution in [0.3, 0.4) is 0 Å². The highest BCUT2D eigenvalue weighted by Crippen LogP contribution is 2.18. The first kappa shape index (κ1) is 6.91. The molecule has 1 rings (SSSR count). The van der Waals surface area contributed by atoms with Crippen LogP contribution in [0.1, 0.15) is 5.56 Å². The van der Waals surface area contributed by atoms with Crippen molar-refractivity contribution < 1.29 is 0 Å². The van der Waals surface area contributed by atoms with E-state index in [-0.39, 0.29) is 0 Å². The third kappa shape index (κ3) is 1.60. The van der Waals surface area contributed by atoms with Gasteiger partial charge in [0, 0.05) is 10.0 Å². The van der Waals surface area contributed by atoms with E-state index in [1.54, 1.807) is 12.1 Å². The predicted molar refractivity (Wildman–Crippen MR) is 39.8 cm³/mol. The van der Waals surface area contributed by atoms with Gasteiger partial charge in [0.05, 0.1) is 0 Å². The van der Waals surface area contributed by atoms with Crippen LogP contribution in [0.4, 0.5) is 0 Å². The van der Waals surface area contributed by atoms with E-state index in [0.717, 1.165) is 0 Å². The van der Waals surface area contributed by atoms with Gasteiger partial charge in [0.1, 0.15) is 0 Å². The molecule has 0 aliphatic carbocycles. The van der Waals surface area contributed by atoms with Crippen LogP contribution in [0, 0.1) is 13.0 Å². The summed E-state index contributed by atoms with van der Waals surface area (Å²) in [5.74, 6) is 0. The SMILES string of the molecule is [CH2]c1[c]cc(Cl)cc1Cl. The summed E-state index contributed by atoms with van der Waals surface area (Å²) in [7, 11) is 0. The van der Waals surface area contributed by atoms with Crippen molar-refractivity contribution in [3.8, 4) is 0 Å². The zero-order chi connectivity index (χ0) is 6.85. The third-order valence-corrected chi connectivity index (χ3v) is 1.49. The van der Waals surface area contributed by atoms with Gasteiger partial charge in [0.25, 0.3) is 0 Å². The molecule has 2 heteroatoms. The first-order valence-electron chi connectivity index (χ1n) is 2.39. The number of rotatable bonds is 0. The molecule has 0 spiro atoms. The van der Waals surface area contributed by atoms with Gasteiger partial charge in [0.2, 0.25) is 0 Å². The molecule has 1 aromatic carbocycles. The Hall–Kier alpha value is -0.200. The first-order chi connectivity index (χ1) is 4.20. The van der Waals surface area contributed by atoms with Crippen LogP contribution in [0.5, 0.6) is 0 Å². The summed E-state index contributed by atoms with van der Waals surface area (Å²) in [6.45, 7) is 3.62. The zero-order valence-corrected chi connectivity index (χ0v) is 6.13. The molecule has 46 valence electrons. The topological polar surface area (TPSA) is 0 Å². The molecule has 0 nitrogen and oxygen atoms in total. The van der Waals surface area contributed by atoms with Crippen molar-refractivity contribution in [2.45, 2.75) is 0 Å². The second-order valence-corrected chi connectivity index (χ2v) is 2.49. The molecule has 9 heavy (non-hydrogen) atoms. The molecule has 0 aliphatic rings. The van der Waals surface area contributed by atoms with Crippen molar-refractivity contribution in [1.82, 2.24) is 0 Å². The van der Waals surface area contributed by atoms with Gasteiger partial charge in [-0.1, -0.05) is 23.2 Å². The van der Waals surface area contributed by atoms with Crippen LogP contribution in [0.15, 0.2) is 12.1 Å². The highest BCUT2D eigenvalue weighted by Gasteiger charge is 1.93. The summed E-state index contributed by atoms with van der Waals surface area (Å²) in [6, 6.07) is 6.07. The number of hydrogen-bond donors (Lipinski definition) is 0. The Bertz CT molecular complexity index is 218. The van der Waals surface area contributed by atoms with Crippen LogP contribution in [0.25, 0.3) is 0 Å². The van der Waals surface area contributed by atoms with E-state index in [1.165, 1.54) is 0 Å². The van der Waals surface area contributed by atoms with E-state index < -0.39 is 0 Å². The Labute approximate surface area is 64.4 Å². The van der Waals surface area contributed by atoms with Crippen molar-refractivity contribution in [1.29, 1.82) is 0 Å². The number of halogens is 2. The van der Waals surface area contributed by atoms with Gasteiger partial charge >= 0.3 is 0 Å². The molecular formula is C7H4Cl2. The van der Waals surface area contributed by atoms with Crippen molar-refractivity contribution >= 4 is 23.2 Å². The number of hydrogen-bond acceptors (Lipinski definition) is 0. The molecule has 0 atom stereocenters. The highest BCUT2D eigenvalue weighted by atomic mass is 35.5. The lowest BCUT2D eigenvalue weighted by Gasteiger charge is -1.93. The fourth-order valence-corrected chi connectivity index (χ4v) is 0.866. The second-order valence-electron chi connectivity index (χ2n) is 1.64. The quantitative estimate of drug-likeness (QED) is 0.545. The lowest BCUT2D eigenvalue weighted by Crippen LogP contribution is -1.72. The molecule has 2 radical (unpaired) electrons.